The standard InChI is InChI=1S/C25H27F2NO/c1-5-6-7-8-9-21-23-17(18-12-16(26)13-19(27)24(18)29-21)10-11-20-22(23)15(2)14-25(3,4)28-20/h9-14,28H,5-8H2,1-4H3. The van der Waals surface area contributed by atoms with Crippen LogP contribution in [0.25, 0.3) is 22.5 Å². The highest BCUT2D eigenvalue weighted by Crippen LogP contribution is 2.49. The fourth-order valence-electron chi connectivity index (χ4n) is 4.39. The van der Waals surface area contributed by atoms with Gasteiger partial charge in [0.1, 0.15) is 11.6 Å². The van der Waals surface area contributed by atoms with Gasteiger partial charge in [-0.25, -0.2) is 8.78 Å². The normalized spacial score (nSPS) is 17.6. The first-order valence-corrected chi connectivity index (χ1v) is 10.3. The molecular formula is C25H27F2NO. The van der Waals surface area contributed by atoms with Gasteiger partial charge < -0.3 is 10.1 Å². The summed E-state index contributed by atoms with van der Waals surface area (Å²) in [6.45, 7) is 8.49. The van der Waals surface area contributed by atoms with Crippen molar-refractivity contribution in [3.63, 3.8) is 0 Å². The van der Waals surface area contributed by atoms with Gasteiger partial charge >= 0.3 is 0 Å². The molecule has 0 unspecified atom stereocenters. The summed E-state index contributed by atoms with van der Waals surface area (Å²) in [6, 6.07) is 6.18. The van der Waals surface area contributed by atoms with Crippen molar-refractivity contribution in [2.24, 2.45) is 0 Å². The third-order valence-electron chi connectivity index (χ3n) is 5.53. The summed E-state index contributed by atoms with van der Waals surface area (Å²) >= 11 is 0. The average molecular weight is 395 g/mol. The number of fused-ring (bicyclic) bond motifs is 5. The minimum atomic E-state index is -0.672. The monoisotopic (exact) mass is 395 g/mol. The Labute approximate surface area is 171 Å². The van der Waals surface area contributed by atoms with Crippen molar-refractivity contribution in [2.45, 2.75) is 58.9 Å². The Morgan fingerprint density at radius 1 is 1.07 bits per heavy atom. The Morgan fingerprint density at radius 3 is 2.62 bits per heavy atom. The van der Waals surface area contributed by atoms with Crippen molar-refractivity contribution in [1.82, 2.24) is 0 Å². The van der Waals surface area contributed by atoms with Crippen LogP contribution in [0.15, 0.2) is 36.4 Å². The van der Waals surface area contributed by atoms with Gasteiger partial charge in [0.15, 0.2) is 11.6 Å². The van der Waals surface area contributed by atoms with Crippen LogP contribution >= 0.6 is 0 Å². The van der Waals surface area contributed by atoms with Crippen LogP contribution in [-0.4, -0.2) is 5.54 Å². The number of halogens is 2. The Kier molecular flexibility index (Phi) is 4.97. The van der Waals surface area contributed by atoms with Gasteiger partial charge in [0.25, 0.3) is 0 Å². The summed E-state index contributed by atoms with van der Waals surface area (Å²) in [5.74, 6) is -0.517. The van der Waals surface area contributed by atoms with Gasteiger partial charge in [0, 0.05) is 28.4 Å². The van der Waals surface area contributed by atoms with Crippen molar-refractivity contribution in [3.05, 3.63) is 59.2 Å². The van der Waals surface area contributed by atoms with Crippen molar-refractivity contribution in [3.8, 4) is 16.9 Å². The first-order chi connectivity index (χ1) is 13.8. The van der Waals surface area contributed by atoms with E-state index in [9.17, 15) is 8.78 Å². The van der Waals surface area contributed by atoms with Gasteiger partial charge in [-0.05, 0) is 63.0 Å². The highest BCUT2D eigenvalue weighted by Gasteiger charge is 2.32. The molecule has 2 nitrogen and oxygen atoms in total. The average Bonchev–Trinajstić information content (AvgIpc) is 2.64. The zero-order valence-corrected chi connectivity index (χ0v) is 17.5. The van der Waals surface area contributed by atoms with Crippen LogP contribution in [0.1, 0.15) is 64.5 Å². The van der Waals surface area contributed by atoms with Gasteiger partial charge in [0.2, 0.25) is 0 Å². The van der Waals surface area contributed by atoms with Crippen LogP contribution in [0.3, 0.4) is 0 Å². The van der Waals surface area contributed by atoms with E-state index in [2.05, 4.69) is 39.1 Å². The quantitative estimate of drug-likeness (QED) is 0.540. The van der Waals surface area contributed by atoms with Gasteiger partial charge in [-0.3, -0.25) is 0 Å². The lowest BCUT2D eigenvalue weighted by molar-refractivity contribution is 0.456. The van der Waals surface area contributed by atoms with E-state index in [1.165, 1.54) is 6.07 Å². The van der Waals surface area contributed by atoms with Crippen LogP contribution < -0.4 is 10.1 Å². The first-order valence-electron chi connectivity index (χ1n) is 10.3. The Bertz CT molecular complexity index is 1030. The fourth-order valence-corrected chi connectivity index (χ4v) is 4.39. The second-order valence-electron chi connectivity index (χ2n) is 8.52. The molecule has 2 aromatic carbocycles. The number of allylic oxidation sites excluding steroid dienone is 2. The number of nitrogens with one attached hydrogen (secondary N) is 1. The highest BCUT2D eigenvalue weighted by molar-refractivity contribution is 5.97. The molecule has 4 rings (SSSR count). The molecule has 0 aliphatic carbocycles. The maximum atomic E-state index is 14.5. The molecule has 1 N–H and O–H groups in total. The van der Waals surface area contributed by atoms with Crippen LogP contribution in [0, 0.1) is 11.6 Å². The SMILES string of the molecule is CCCCCC=C1Oc2c(F)cc(F)cc2-c2ccc3c(c21)C(C)=CC(C)(C)N3. The van der Waals surface area contributed by atoms with Gasteiger partial charge in [-0.1, -0.05) is 31.9 Å². The summed E-state index contributed by atoms with van der Waals surface area (Å²) in [4.78, 5) is 0. The van der Waals surface area contributed by atoms with E-state index in [1.807, 2.05) is 18.2 Å². The lowest BCUT2D eigenvalue weighted by atomic mass is 9.83. The molecule has 4 heteroatoms. The van der Waals surface area contributed by atoms with E-state index in [0.29, 0.717) is 11.3 Å². The minimum absolute atomic E-state index is 0.103. The second kappa shape index (κ2) is 7.33. The van der Waals surface area contributed by atoms with Crippen molar-refractivity contribution in [2.75, 3.05) is 5.32 Å². The lowest BCUT2D eigenvalue weighted by Gasteiger charge is -2.35. The number of benzene rings is 2. The topological polar surface area (TPSA) is 21.3 Å². The molecule has 0 amide bonds. The third kappa shape index (κ3) is 3.57. The molecule has 0 radical (unpaired) electrons. The zero-order valence-electron chi connectivity index (χ0n) is 17.5. The smallest absolute Gasteiger partial charge is 0.171 e. The summed E-state index contributed by atoms with van der Waals surface area (Å²) in [5.41, 5.74) is 5.19. The maximum Gasteiger partial charge on any atom is 0.171 e. The predicted molar refractivity (Wildman–Crippen MR) is 116 cm³/mol. The molecule has 0 saturated carbocycles. The number of hydrogen-bond acceptors (Lipinski definition) is 2. The van der Waals surface area contributed by atoms with Crippen LogP contribution in [0.4, 0.5) is 14.5 Å². The number of hydrogen-bond donors (Lipinski definition) is 1. The van der Waals surface area contributed by atoms with E-state index in [1.54, 1.807) is 0 Å². The molecule has 0 atom stereocenters. The van der Waals surface area contributed by atoms with E-state index < -0.39 is 11.6 Å². The van der Waals surface area contributed by atoms with E-state index in [-0.39, 0.29) is 11.3 Å². The molecule has 2 aliphatic rings. The molecule has 2 aliphatic heterocycles. The molecule has 0 aromatic heterocycles. The van der Waals surface area contributed by atoms with Crippen LogP contribution in [-0.2, 0) is 0 Å². The fraction of sp³-hybridized carbons (Fsp3) is 0.360. The maximum absolute atomic E-state index is 14.5. The first kappa shape index (κ1) is 19.7. The molecule has 0 bridgehead atoms. The molecule has 2 heterocycles. The van der Waals surface area contributed by atoms with Crippen molar-refractivity contribution >= 4 is 17.0 Å². The summed E-state index contributed by atoms with van der Waals surface area (Å²) in [7, 11) is 0. The van der Waals surface area contributed by atoms with Crippen molar-refractivity contribution < 1.29 is 13.5 Å². The summed E-state index contributed by atoms with van der Waals surface area (Å²) in [5, 5.41) is 3.55. The van der Waals surface area contributed by atoms with Gasteiger partial charge in [0.05, 0.1) is 5.54 Å². The number of ether oxygens (including phenoxy) is 1. The molecule has 0 fully saturated rings. The van der Waals surface area contributed by atoms with Crippen LogP contribution in [0.2, 0.25) is 0 Å². The zero-order chi connectivity index (χ0) is 20.8. The van der Waals surface area contributed by atoms with Gasteiger partial charge in [-0.15, -0.1) is 0 Å². The van der Waals surface area contributed by atoms with Gasteiger partial charge in [-0.2, -0.15) is 0 Å². The molecule has 29 heavy (non-hydrogen) atoms. The Balaban J connectivity index is 1.94. The number of unbranched alkanes of at least 4 members (excludes halogenated alkanes) is 3. The molecule has 2 aromatic rings. The Hall–Kier alpha value is -2.62. The summed E-state index contributed by atoms with van der Waals surface area (Å²) in [6.07, 6.45) is 8.40. The van der Waals surface area contributed by atoms with E-state index >= 15 is 0 Å². The number of rotatable bonds is 4. The lowest BCUT2D eigenvalue weighted by Crippen LogP contribution is -2.32. The second-order valence-corrected chi connectivity index (χ2v) is 8.52. The highest BCUT2D eigenvalue weighted by atomic mass is 19.1. The number of anilines is 1. The molecule has 152 valence electrons. The van der Waals surface area contributed by atoms with Crippen molar-refractivity contribution in [1.29, 1.82) is 0 Å². The van der Waals surface area contributed by atoms with E-state index in [4.69, 9.17) is 4.74 Å². The van der Waals surface area contributed by atoms with E-state index in [0.717, 1.165) is 59.7 Å². The summed E-state index contributed by atoms with van der Waals surface area (Å²) < 4.78 is 34.6. The largest absolute Gasteiger partial charge is 0.453 e. The minimum Gasteiger partial charge on any atom is -0.453 e. The molecule has 0 spiro atoms. The third-order valence-corrected chi connectivity index (χ3v) is 5.53. The predicted octanol–water partition coefficient (Wildman–Crippen LogP) is 7.55. The van der Waals surface area contributed by atoms with Crippen LogP contribution in [0.5, 0.6) is 5.75 Å². The Morgan fingerprint density at radius 2 is 1.86 bits per heavy atom. The molecular weight excluding hydrogens is 368 g/mol. The molecule has 0 saturated heterocycles.